The Bertz CT molecular complexity index is 1040. The average molecular weight is 481 g/mol. The topological polar surface area (TPSA) is 67.7 Å². The van der Waals surface area contributed by atoms with Gasteiger partial charge in [-0.2, -0.15) is 5.10 Å². The average Bonchev–Trinajstić information content (AvgIpc) is 3.46. The first-order valence-electron chi connectivity index (χ1n) is 12.8. The Hall–Kier alpha value is -2.83. The normalized spacial score (nSPS) is 19.8. The molecule has 0 N–H and O–H groups in total. The second kappa shape index (κ2) is 9.67. The van der Waals surface area contributed by atoms with Gasteiger partial charge < -0.3 is 14.5 Å². The highest BCUT2D eigenvalue weighted by Crippen LogP contribution is 2.36. The third-order valence-corrected chi connectivity index (χ3v) is 6.95. The van der Waals surface area contributed by atoms with Gasteiger partial charge in [0.2, 0.25) is 0 Å². The molecule has 2 aromatic rings. The summed E-state index contributed by atoms with van der Waals surface area (Å²) in [6.45, 7) is 14.7. The third-order valence-electron chi connectivity index (χ3n) is 6.95. The molecule has 0 aliphatic carbocycles. The zero-order chi connectivity index (χ0) is 25.4. The van der Waals surface area contributed by atoms with E-state index in [-0.39, 0.29) is 23.5 Å². The Balaban J connectivity index is 1.52. The molecule has 0 bridgehead atoms. The minimum atomic E-state index is -0.508. The van der Waals surface area contributed by atoms with Crippen LogP contribution in [0.25, 0.3) is 0 Å². The van der Waals surface area contributed by atoms with Gasteiger partial charge in [-0.05, 0) is 66.4 Å². The van der Waals surface area contributed by atoms with Crippen molar-refractivity contribution in [2.75, 3.05) is 26.2 Å². The minimum Gasteiger partial charge on any atom is -0.444 e. The van der Waals surface area contributed by atoms with Gasteiger partial charge in [0, 0.05) is 38.0 Å². The standard InChI is InChI=1S/C28H40N4O3/c1-27(2,3)32-24(21-12-15-30(16-13-21)26(34)35-28(4,5)6)23(18-29-32)25(33)31-17-14-22(19-31)20-10-8-7-9-11-20/h7-11,18,21-22H,12-17,19H2,1-6H3/t22-/m1/s1. The molecule has 4 rings (SSSR count). The minimum absolute atomic E-state index is 0.0727. The first-order chi connectivity index (χ1) is 16.4. The van der Waals surface area contributed by atoms with Crippen molar-refractivity contribution >= 4 is 12.0 Å². The molecule has 1 aromatic heterocycles. The molecule has 0 spiro atoms. The molecule has 3 heterocycles. The van der Waals surface area contributed by atoms with Crippen LogP contribution >= 0.6 is 0 Å². The lowest BCUT2D eigenvalue weighted by atomic mass is 9.90. The van der Waals surface area contributed by atoms with Crippen molar-refractivity contribution in [2.24, 2.45) is 0 Å². The van der Waals surface area contributed by atoms with Crippen LogP contribution in [0, 0.1) is 0 Å². The molecule has 0 radical (unpaired) electrons. The third kappa shape index (κ3) is 5.71. The van der Waals surface area contributed by atoms with Crippen LogP contribution in [0.15, 0.2) is 36.5 Å². The van der Waals surface area contributed by atoms with Crippen molar-refractivity contribution in [1.82, 2.24) is 19.6 Å². The summed E-state index contributed by atoms with van der Waals surface area (Å²) in [7, 11) is 0. The molecular weight excluding hydrogens is 440 g/mol. The molecule has 1 aromatic carbocycles. The number of carbonyl (C=O) groups is 2. The molecule has 190 valence electrons. The number of likely N-dealkylation sites (tertiary alicyclic amines) is 2. The summed E-state index contributed by atoms with van der Waals surface area (Å²) < 4.78 is 7.59. The van der Waals surface area contributed by atoms with Crippen LogP contribution in [0.2, 0.25) is 0 Å². The molecule has 0 saturated carbocycles. The molecular formula is C28H40N4O3. The number of hydrogen-bond acceptors (Lipinski definition) is 4. The summed E-state index contributed by atoms with van der Waals surface area (Å²) in [5.41, 5.74) is 2.26. The molecule has 2 saturated heterocycles. The molecule has 1 atom stereocenters. The summed E-state index contributed by atoms with van der Waals surface area (Å²) in [6, 6.07) is 10.5. The molecule has 2 aliphatic heterocycles. The van der Waals surface area contributed by atoms with Crippen LogP contribution in [0.5, 0.6) is 0 Å². The van der Waals surface area contributed by atoms with E-state index in [9.17, 15) is 9.59 Å². The van der Waals surface area contributed by atoms with Gasteiger partial charge in [-0.3, -0.25) is 9.48 Å². The molecule has 2 aliphatic rings. The van der Waals surface area contributed by atoms with Crippen molar-refractivity contribution in [3.63, 3.8) is 0 Å². The Morgan fingerprint density at radius 1 is 0.886 bits per heavy atom. The fourth-order valence-electron chi connectivity index (χ4n) is 5.22. The van der Waals surface area contributed by atoms with Crippen LogP contribution in [-0.2, 0) is 10.3 Å². The lowest BCUT2D eigenvalue weighted by molar-refractivity contribution is 0.0201. The van der Waals surface area contributed by atoms with Gasteiger partial charge in [-0.25, -0.2) is 4.79 Å². The molecule has 35 heavy (non-hydrogen) atoms. The lowest BCUT2D eigenvalue weighted by Crippen LogP contribution is -2.42. The maximum absolute atomic E-state index is 13.7. The molecule has 0 unspecified atom stereocenters. The van der Waals surface area contributed by atoms with Gasteiger partial charge in [0.25, 0.3) is 5.91 Å². The number of hydrogen-bond donors (Lipinski definition) is 0. The highest BCUT2D eigenvalue weighted by atomic mass is 16.6. The maximum atomic E-state index is 13.7. The molecule has 7 heteroatoms. The number of piperidine rings is 1. The zero-order valence-corrected chi connectivity index (χ0v) is 22.1. The predicted molar refractivity (Wildman–Crippen MR) is 137 cm³/mol. The number of ether oxygens (including phenoxy) is 1. The van der Waals surface area contributed by atoms with Crippen molar-refractivity contribution in [3.8, 4) is 0 Å². The van der Waals surface area contributed by atoms with Crippen molar-refractivity contribution in [2.45, 2.75) is 83.8 Å². The Morgan fingerprint density at radius 2 is 1.49 bits per heavy atom. The number of nitrogens with zero attached hydrogens (tertiary/aromatic N) is 4. The molecule has 2 fully saturated rings. The Morgan fingerprint density at radius 3 is 2.09 bits per heavy atom. The van der Waals surface area contributed by atoms with Crippen molar-refractivity contribution < 1.29 is 14.3 Å². The number of carbonyl (C=O) groups excluding carboxylic acids is 2. The summed E-state index contributed by atoms with van der Waals surface area (Å²) in [5, 5.41) is 4.70. The summed E-state index contributed by atoms with van der Waals surface area (Å²) >= 11 is 0. The zero-order valence-electron chi connectivity index (χ0n) is 22.1. The van der Waals surface area contributed by atoms with E-state index in [0.29, 0.717) is 24.6 Å². The fraction of sp³-hybridized carbons (Fsp3) is 0.607. The van der Waals surface area contributed by atoms with Crippen LogP contribution in [0.1, 0.15) is 94.3 Å². The lowest BCUT2D eigenvalue weighted by Gasteiger charge is -2.35. The smallest absolute Gasteiger partial charge is 0.410 e. The van der Waals surface area contributed by atoms with Gasteiger partial charge in [0.15, 0.2) is 0 Å². The highest BCUT2D eigenvalue weighted by Gasteiger charge is 2.36. The number of benzene rings is 1. The number of aromatic nitrogens is 2. The maximum Gasteiger partial charge on any atom is 0.410 e. The van der Waals surface area contributed by atoms with Gasteiger partial charge in [-0.15, -0.1) is 0 Å². The SMILES string of the molecule is CC(C)(C)OC(=O)N1CCC(c2c(C(=O)N3CC[C@@H](c4ccccc4)C3)cnn2C(C)(C)C)CC1. The fourth-order valence-corrected chi connectivity index (χ4v) is 5.22. The van der Waals surface area contributed by atoms with Crippen LogP contribution in [-0.4, -0.2) is 63.4 Å². The monoisotopic (exact) mass is 480 g/mol. The van der Waals surface area contributed by atoms with Gasteiger partial charge in [0.1, 0.15) is 5.60 Å². The number of rotatable bonds is 3. The van der Waals surface area contributed by atoms with Gasteiger partial charge in [-0.1, -0.05) is 30.3 Å². The largest absolute Gasteiger partial charge is 0.444 e. The van der Waals surface area contributed by atoms with Crippen LogP contribution < -0.4 is 0 Å². The van der Waals surface area contributed by atoms with Crippen LogP contribution in [0.4, 0.5) is 4.79 Å². The highest BCUT2D eigenvalue weighted by molar-refractivity contribution is 5.95. The molecule has 2 amide bonds. The second-order valence-corrected chi connectivity index (χ2v) is 11.9. The van der Waals surface area contributed by atoms with E-state index in [1.165, 1.54) is 5.56 Å². The number of amides is 2. The van der Waals surface area contributed by atoms with Gasteiger partial charge >= 0.3 is 6.09 Å². The quantitative estimate of drug-likeness (QED) is 0.591. The van der Waals surface area contributed by atoms with Crippen molar-refractivity contribution in [1.29, 1.82) is 0 Å². The van der Waals surface area contributed by atoms with E-state index in [2.05, 4.69) is 45.0 Å². The van der Waals surface area contributed by atoms with E-state index in [1.807, 2.05) is 36.4 Å². The van der Waals surface area contributed by atoms with E-state index in [1.54, 1.807) is 11.1 Å². The Labute approximate surface area is 209 Å². The first kappa shape index (κ1) is 25.3. The summed E-state index contributed by atoms with van der Waals surface area (Å²) in [4.78, 5) is 30.1. The van der Waals surface area contributed by atoms with E-state index >= 15 is 0 Å². The summed E-state index contributed by atoms with van der Waals surface area (Å²) in [5.74, 6) is 0.615. The van der Waals surface area contributed by atoms with E-state index in [0.717, 1.165) is 38.0 Å². The predicted octanol–water partition coefficient (Wildman–Crippen LogP) is 5.38. The van der Waals surface area contributed by atoms with Crippen molar-refractivity contribution in [3.05, 3.63) is 53.3 Å². The van der Waals surface area contributed by atoms with E-state index in [4.69, 9.17) is 9.84 Å². The molecule has 7 nitrogen and oxygen atoms in total. The van der Waals surface area contributed by atoms with Gasteiger partial charge in [0.05, 0.1) is 23.0 Å². The van der Waals surface area contributed by atoms with Crippen LogP contribution in [0.3, 0.4) is 0 Å². The van der Waals surface area contributed by atoms with E-state index < -0.39 is 5.60 Å². The Kier molecular flexibility index (Phi) is 6.98. The second-order valence-electron chi connectivity index (χ2n) is 11.9. The first-order valence-corrected chi connectivity index (χ1v) is 12.8. The summed E-state index contributed by atoms with van der Waals surface area (Å²) in [6.07, 6.45) is 4.05.